The lowest BCUT2D eigenvalue weighted by molar-refractivity contribution is 0.0300. The minimum atomic E-state index is -0.759. The van der Waals surface area contributed by atoms with Gasteiger partial charge in [-0.05, 0) is 26.6 Å². The standard InChI is InChI=1S/C11H17NO/c1-11(13,9-12(2)3)10-7-5-4-6-8-10/h4-8,13H,9H2,1-3H3. The Morgan fingerprint density at radius 1 is 1.23 bits per heavy atom. The first kappa shape index (κ1) is 10.2. The van der Waals surface area contributed by atoms with Crippen molar-refractivity contribution in [3.63, 3.8) is 0 Å². The fourth-order valence-electron chi connectivity index (χ4n) is 1.50. The van der Waals surface area contributed by atoms with Gasteiger partial charge in [0.25, 0.3) is 0 Å². The van der Waals surface area contributed by atoms with Crippen LogP contribution in [0.2, 0.25) is 0 Å². The molecule has 1 unspecified atom stereocenters. The summed E-state index contributed by atoms with van der Waals surface area (Å²) in [5, 5.41) is 10.1. The number of hydrogen-bond donors (Lipinski definition) is 1. The first-order valence-corrected chi connectivity index (χ1v) is 4.45. The van der Waals surface area contributed by atoms with E-state index in [0.717, 1.165) is 5.56 Å². The molecule has 2 nitrogen and oxygen atoms in total. The second kappa shape index (κ2) is 3.90. The van der Waals surface area contributed by atoms with E-state index in [-0.39, 0.29) is 0 Å². The molecule has 2 heteroatoms. The average molecular weight is 179 g/mol. The van der Waals surface area contributed by atoms with Gasteiger partial charge in [-0.1, -0.05) is 30.3 Å². The third-order valence-electron chi connectivity index (χ3n) is 2.02. The van der Waals surface area contributed by atoms with Crippen LogP contribution in [0.1, 0.15) is 12.5 Å². The molecular formula is C11H17NO. The van der Waals surface area contributed by atoms with Crippen LogP contribution in [0.4, 0.5) is 0 Å². The molecule has 13 heavy (non-hydrogen) atoms. The maximum absolute atomic E-state index is 10.1. The largest absolute Gasteiger partial charge is 0.384 e. The van der Waals surface area contributed by atoms with E-state index in [1.807, 2.05) is 56.3 Å². The van der Waals surface area contributed by atoms with Gasteiger partial charge in [-0.3, -0.25) is 0 Å². The topological polar surface area (TPSA) is 23.5 Å². The van der Waals surface area contributed by atoms with Crippen molar-refractivity contribution in [3.8, 4) is 0 Å². The third-order valence-corrected chi connectivity index (χ3v) is 2.02. The fraction of sp³-hybridized carbons (Fsp3) is 0.455. The summed E-state index contributed by atoms with van der Waals surface area (Å²) >= 11 is 0. The summed E-state index contributed by atoms with van der Waals surface area (Å²) in [6, 6.07) is 9.74. The van der Waals surface area contributed by atoms with Crippen LogP contribution in [0.15, 0.2) is 30.3 Å². The molecule has 0 saturated heterocycles. The van der Waals surface area contributed by atoms with Crippen LogP contribution in [-0.4, -0.2) is 30.6 Å². The lowest BCUT2D eigenvalue weighted by Crippen LogP contribution is -2.34. The minimum Gasteiger partial charge on any atom is -0.384 e. The van der Waals surface area contributed by atoms with Gasteiger partial charge in [0.15, 0.2) is 0 Å². The molecule has 0 fully saturated rings. The Labute approximate surface area is 79.8 Å². The Kier molecular flexibility index (Phi) is 3.07. The van der Waals surface area contributed by atoms with Gasteiger partial charge in [0, 0.05) is 6.54 Å². The van der Waals surface area contributed by atoms with Crippen molar-refractivity contribution in [3.05, 3.63) is 35.9 Å². The Morgan fingerprint density at radius 2 is 1.77 bits per heavy atom. The van der Waals surface area contributed by atoms with Gasteiger partial charge in [-0.15, -0.1) is 0 Å². The van der Waals surface area contributed by atoms with E-state index in [2.05, 4.69) is 0 Å². The molecule has 1 N–H and O–H groups in total. The lowest BCUT2D eigenvalue weighted by Gasteiger charge is -2.27. The molecule has 0 saturated carbocycles. The van der Waals surface area contributed by atoms with Crippen LogP contribution in [0.3, 0.4) is 0 Å². The quantitative estimate of drug-likeness (QED) is 0.759. The van der Waals surface area contributed by atoms with Crippen LogP contribution >= 0.6 is 0 Å². The maximum atomic E-state index is 10.1. The summed E-state index contributed by atoms with van der Waals surface area (Å²) in [5.74, 6) is 0. The average Bonchev–Trinajstić information content (AvgIpc) is 2.04. The van der Waals surface area contributed by atoms with Crippen LogP contribution in [0.25, 0.3) is 0 Å². The van der Waals surface area contributed by atoms with E-state index in [0.29, 0.717) is 6.54 Å². The van der Waals surface area contributed by atoms with Crippen molar-refractivity contribution in [2.24, 2.45) is 0 Å². The molecule has 0 aromatic heterocycles. The van der Waals surface area contributed by atoms with Crippen molar-refractivity contribution < 1.29 is 5.11 Å². The zero-order valence-electron chi connectivity index (χ0n) is 8.49. The summed E-state index contributed by atoms with van der Waals surface area (Å²) < 4.78 is 0. The van der Waals surface area contributed by atoms with E-state index >= 15 is 0 Å². The molecular weight excluding hydrogens is 162 g/mol. The SMILES string of the molecule is CN(C)CC(C)(O)c1ccccc1. The number of nitrogens with zero attached hydrogens (tertiary/aromatic N) is 1. The molecule has 0 heterocycles. The van der Waals surface area contributed by atoms with Gasteiger partial charge in [0.2, 0.25) is 0 Å². The van der Waals surface area contributed by atoms with Crippen LogP contribution in [0, 0.1) is 0 Å². The van der Waals surface area contributed by atoms with Gasteiger partial charge < -0.3 is 10.0 Å². The van der Waals surface area contributed by atoms with Crippen LogP contribution in [-0.2, 0) is 5.60 Å². The summed E-state index contributed by atoms with van der Waals surface area (Å²) in [5.41, 5.74) is 0.203. The van der Waals surface area contributed by atoms with Crippen molar-refractivity contribution in [2.75, 3.05) is 20.6 Å². The minimum absolute atomic E-state index is 0.636. The second-order valence-corrected chi connectivity index (χ2v) is 3.88. The molecule has 1 aromatic rings. The number of benzene rings is 1. The molecule has 0 spiro atoms. The van der Waals surface area contributed by atoms with E-state index in [1.165, 1.54) is 0 Å². The highest BCUT2D eigenvalue weighted by Gasteiger charge is 2.22. The van der Waals surface area contributed by atoms with Gasteiger partial charge in [0.1, 0.15) is 0 Å². The normalized spacial score (nSPS) is 15.8. The molecule has 1 atom stereocenters. The molecule has 0 aliphatic heterocycles. The van der Waals surface area contributed by atoms with Crippen LogP contribution < -0.4 is 0 Å². The smallest absolute Gasteiger partial charge is 0.0994 e. The Morgan fingerprint density at radius 3 is 2.23 bits per heavy atom. The van der Waals surface area contributed by atoms with E-state index in [4.69, 9.17) is 0 Å². The highest BCUT2D eigenvalue weighted by molar-refractivity contribution is 5.21. The Hall–Kier alpha value is -0.860. The zero-order chi connectivity index (χ0) is 9.90. The van der Waals surface area contributed by atoms with Gasteiger partial charge in [0.05, 0.1) is 5.60 Å². The molecule has 0 amide bonds. The second-order valence-electron chi connectivity index (χ2n) is 3.88. The number of hydrogen-bond acceptors (Lipinski definition) is 2. The highest BCUT2D eigenvalue weighted by atomic mass is 16.3. The van der Waals surface area contributed by atoms with Crippen molar-refractivity contribution in [2.45, 2.75) is 12.5 Å². The predicted molar refractivity (Wildman–Crippen MR) is 54.6 cm³/mol. The number of rotatable bonds is 3. The van der Waals surface area contributed by atoms with Crippen LogP contribution in [0.5, 0.6) is 0 Å². The third kappa shape index (κ3) is 2.83. The summed E-state index contributed by atoms with van der Waals surface area (Å²) in [6.45, 7) is 2.47. The maximum Gasteiger partial charge on any atom is 0.0994 e. The van der Waals surface area contributed by atoms with Crippen molar-refractivity contribution >= 4 is 0 Å². The van der Waals surface area contributed by atoms with E-state index in [9.17, 15) is 5.11 Å². The molecule has 0 bridgehead atoms. The molecule has 0 aliphatic carbocycles. The molecule has 0 radical (unpaired) electrons. The van der Waals surface area contributed by atoms with Crippen molar-refractivity contribution in [1.29, 1.82) is 0 Å². The monoisotopic (exact) mass is 179 g/mol. The first-order valence-electron chi connectivity index (χ1n) is 4.45. The van der Waals surface area contributed by atoms with Gasteiger partial charge in [-0.25, -0.2) is 0 Å². The van der Waals surface area contributed by atoms with Gasteiger partial charge in [-0.2, -0.15) is 0 Å². The molecule has 72 valence electrons. The molecule has 1 aromatic carbocycles. The fourth-order valence-corrected chi connectivity index (χ4v) is 1.50. The first-order chi connectivity index (χ1) is 6.02. The van der Waals surface area contributed by atoms with E-state index in [1.54, 1.807) is 0 Å². The summed E-state index contributed by atoms with van der Waals surface area (Å²) in [6.07, 6.45) is 0. The van der Waals surface area contributed by atoms with Crippen molar-refractivity contribution in [1.82, 2.24) is 4.90 Å². The van der Waals surface area contributed by atoms with Gasteiger partial charge >= 0.3 is 0 Å². The highest BCUT2D eigenvalue weighted by Crippen LogP contribution is 2.20. The summed E-state index contributed by atoms with van der Waals surface area (Å²) in [7, 11) is 3.91. The number of likely N-dealkylation sites (N-methyl/N-ethyl adjacent to an activating group) is 1. The Balaban J connectivity index is 2.81. The molecule has 1 rings (SSSR count). The number of aliphatic hydroxyl groups is 1. The lowest BCUT2D eigenvalue weighted by atomic mass is 9.96. The predicted octanol–water partition coefficient (Wildman–Crippen LogP) is 1.46. The Bertz CT molecular complexity index is 254. The molecule has 0 aliphatic rings. The van der Waals surface area contributed by atoms with E-state index < -0.39 is 5.60 Å². The summed E-state index contributed by atoms with van der Waals surface area (Å²) in [4.78, 5) is 1.98. The zero-order valence-corrected chi connectivity index (χ0v) is 8.49.